The molecule has 0 saturated heterocycles. The zero-order valence-electron chi connectivity index (χ0n) is 7.21. The van der Waals surface area contributed by atoms with Gasteiger partial charge in [-0.25, -0.2) is 0 Å². The van der Waals surface area contributed by atoms with Gasteiger partial charge in [0.1, 0.15) is 0 Å². The Kier molecular flexibility index (Phi) is 3.98. The highest BCUT2D eigenvalue weighted by Crippen LogP contribution is 2.23. The largest absolute Gasteiger partial charge is 0.481 e. The summed E-state index contributed by atoms with van der Waals surface area (Å²) in [4.78, 5) is 10.2. The van der Waals surface area contributed by atoms with E-state index in [1.807, 2.05) is 0 Å². The first kappa shape index (κ1) is 11.1. The standard InChI is InChI=1S/C10H8Cl2O2/c11-8-5-4-7(6-9(8)12)2-1-3-10(13)14/h1-2,4-6H,3H2,(H,13,14)/b2-1+. The molecule has 0 aliphatic carbocycles. The van der Waals surface area contributed by atoms with Crippen LogP contribution in [0.4, 0.5) is 0 Å². The maximum atomic E-state index is 10.2. The molecule has 0 spiro atoms. The highest BCUT2D eigenvalue weighted by Gasteiger charge is 1.96. The molecule has 14 heavy (non-hydrogen) atoms. The summed E-state index contributed by atoms with van der Waals surface area (Å²) in [6.07, 6.45) is 3.25. The second kappa shape index (κ2) is 5.03. The van der Waals surface area contributed by atoms with Crippen molar-refractivity contribution in [1.29, 1.82) is 0 Å². The number of aliphatic carboxylic acids is 1. The molecule has 2 nitrogen and oxygen atoms in total. The summed E-state index contributed by atoms with van der Waals surface area (Å²) in [5.74, 6) is -0.860. The molecule has 0 saturated carbocycles. The minimum absolute atomic E-state index is 0.000244. The molecule has 74 valence electrons. The van der Waals surface area contributed by atoms with Crippen LogP contribution in [0.3, 0.4) is 0 Å². The number of halogens is 2. The van der Waals surface area contributed by atoms with Crippen molar-refractivity contribution < 1.29 is 9.90 Å². The Hall–Kier alpha value is -0.990. The molecule has 4 heteroatoms. The van der Waals surface area contributed by atoms with E-state index in [1.54, 1.807) is 30.4 Å². The van der Waals surface area contributed by atoms with Gasteiger partial charge in [0.25, 0.3) is 0 Å². The van der Waals surface area contributed by atoms with Crippen LogP contribution in [0.2, 0.25) is 10.0 Å². The Morgan fingerprint density at radius 2 is 2.07 bits per heavy atom. The van der Waals surface area contributed by atoms with E-state index in [2.05, 4.69) is 0 Å². The van der Waals surface area contributed by atoms with Gasteiger partial charge >= 0.3 is 5.97 Å². The SMILES string of the molecule is O=C(O)C/C=C/c1ccc(Cl)c(Cl)c1. The smallest absolute Gasteiger partial charge is 0.307 e. The summed E-state index contributed by atoms with van der Waals surface area (Å²) in [5, 5.41) is 9.34. The Morgan fingerprint density at radius 3 is 2.64 bits per heavy atom. The molecule has 1 N–H and O–H groups in total. The van der Waals surface area contributed by atoms with Crippen LogP contribution in [-0.4, -0.2) is 11.1 Å². The molecule has 1 aromatic carbocycles. The Bertz CT molecular complexity index is 372. The molecule has 0 amide bonds. The van der Waals surface area contributed by atoms with Gasteiger partial charge in [-0.2, -0.15) is 0 Å². The topological polar surface area (TPSA) is 37.3 Å². The zero-order chi connectivity index (χ0) is 10.6. The highest BCUT2D eigenvalue weighted by molar-refractivity contribution is 6.42. The summed E-state index contributed by atoms with van der Waals surface area (Å²) >= 11 is 11.5. The van der Waals surface area contributed by atoms with Crippen molar-refractivity contribution in [2.45, 2.75) is 6.42 Å². The van der Waals surface area contributed by atoms with Gasteiger partial charge in [-0.3, -0.25) is 4.79 Å². The molecule has 0 fully saturated rings. The van der Waals surface area contributed by atoms with Gasteiger partial charge < -0.3 is 5.11 Å². The van der Waals surface area contributed by atoms with E-state index >= 15 is 0 Å². The van der Waals surface area contributed by atoms with Crippen LogP contribution < -0.4 is 0 Å². The third-order valence-corrected chi connectivity index (χ3v) is 2.29. The molecule has 1 aromatic rings. The van der Waals surface area contributed by atoms with Gasteiger partial charge in [0, 0.05) is 0 Å². The fourth-order valence-corrected chi connectivity index (χ4v) is 1.22. The molecule has 0 aliphatic heterocycles. The van der Waals surface area contributed by atoms with Crippen molar-refractivity contribution in [2.24, 2.45) is 0 Å². The van der Waals surface area contributed by atoms with Gasteiger partial charge in [-0.15, -0.1) is 0 Å². The fraction of sp³-hybridized carbons (Fsp3) is 0.100. The molecule has 0 bridgehead atoms. The molecule has 0 heterocycles. The lowest BCUT2D eigenvalue weighted by molar-refractivity contribution is -0.135. The first-order valence-corrected chi connectivity index (χ1v) is 4.68. The molecular formula is C10H8Cl2O2. The number of carbonyl (C=O) groups is 1. The number of hydrogen-bond acceptors (Lipinski definition) is 1. The normalized spacial score (nSPS) is 10.7. The third-order valence-electron chi connectivity index (χ3n) is 1.55. The van der Waals surface area contributed by atoms with Crippen molar-refractivity contribution in [2.75, 3.05) is 0 Å². The van der Waals surface area contributed by atoms with Gasteiger partial charge in [0.15, 0.2) is 0 Å². The molecule has 0 atom stereocenters. The van der Waals surface area contributed by atoms with E-state index in [0.717, 1.165) is 5.56 Å². The lowest BCUT2D eigenvalue weighted by atomic mass is 10.2. The second-order valence-electron chi connectivity index (χ2n) is 2.67. The van der Waals surface area contributed by atoms with Crippen LogP contribution in [0.15, 0.2) is 24.3 Å². The van der Waals surface area contributed by atoms with Gasteiger partial charge in [-0.1, -0.05) is 41.4 Å². The van der Waals surface area contributed by atoms with Crippen LogP contribution in [0.25, 0.3) is 6.08 Å². The number of carboxylic acids is 1. The van der Waals surface area contributed by atoms with E-state index in [-0.39, 0.29) is 6.42 Å². The summed E-state index contributed by atoms with van der Waals surface area (Å²) < 4.78 is 0. The summed E-state index contributed by atoms with van der Waals surface area (Å²) in [7, 11) is 0. The van der Waals surface area contributed by atoms with Crippen molar-refractivity contribution in [3.63, 3.8) is 0 Å². The molecule has 0 unspecified atom stereocenters. The van der Waals surface area contributed by atoms with Crippen LogP contribution in [-0.2, 0) is 4.79 Å². The quantitative estimate of drug-likeness (QED) is 0.864. The second-order valence-corrected chi connectivity index (χ2v) is 3.49. The summed E-state index contributed by atoms with van der Waals surface area (Å²) in [5.41, 5.74) is 0.834. The summed E-state index contributed by atoms with van der Waals surface area (Å²) in [6, 6.07) is 5.12. The zero-order valence-corrected chi connectivity index (χ0v) is 8.72. The van der Waals surface area contributed by atoms with Crippen molar-refractivity contribution in [3.8, 4) is 0 Å². The molecule has 0 radical (unpaired) electrons. The van der Waals surface area contributed by atoms with Crippen molar-refractivity contribution in [3.05, 3.63) is 39.9 Å². The third kappa shape index (κ3) is 3.40. The summed E-state index contributed by atoms with van der Waals surface area (Å²) in [6.45, 7) is 0. The predicted octanol–water partition coefficient (Wildman–Crippen LogP) is 3.48. The van der Waals surface area contributed by atoms with Gasteiger partial charge in [0.05, 0.1) is 16.5 Å². The Labute approximate surface area is 91.8 Å². The van der Waals surface area contributed by atoms with Gasteiger partial charge in [0.2, 0.25) is 0 Å². The molecule has 0 aliphatic rings. The first-order valence-electron chi connectivity index (χ1n) is 3.93. The lowest BCUT2D eigenvalue weighted by Gasteiger charge is -1.96. The number of carboxylic acid groups (broad SMARTS) is 1. The fourth-order valence-electron chi connectivity index (χ4n) is 0.912. The van der Waals surface area contributed by atoms with Crippen LogP contribution in [0.1, 0.15) is 12.0 Å². The highest BCUT2D eigenvalue weighted by atomic mass is 35.5. The van der Waals surface area contributed by atoms with E-state index in [1.165, 1.54) is 0 Å². The van der Waals surface area contributed by atoms with Crippen molar-refractivity contribution >= 4 is 35.2 Å². The first-order chi connectivity index (χ1) is 6.59. The average Bonchev–Trinajstić information content (AvgIpc) is 2.10. The molecule has 0 aromatic heterocycles. The minimum Gasteiger partial charge on any atom is -0.481 e. The van der Waals surface area contributed by atoms with Crippen LogP contribution in [0, 0.1) is 0 Å². The molecular weight excluding hydrogens is 223 g/mol. The monoisotopic (exact) mass is 230 g/mol. The predicted molar refractivity (Wildman–Crippen MR) is 57.7 cm³/mol. The van der Waals surface area contributed by atoms with E-state index < -0.39 is 5.97 Å². The number of rotatable bonds is 3. The maximum absolute atomic E-state index is 10.2. The molecule has 1 rings (SSSR count). The Morgan fingerprint density at radius 1 is 1.36 bits per heavy atom. The lowest BCUT2D eigenvalue weighted by Crippen LogP contribution is -1.89. The number of hydrogen-bond donors (Lipinski definition) is 1. The Balaban J connectivity index is 2.73. The number of benzene rings is 1. The van der Waals surface area contributed by atoms with Crippen LogP contribution >= 0.6 is 23.2 Å². The van der Waals surface area contributed by atoms with Crippen LogP contribution in [0.5, 0.6) is 0 Å². The van der Waals surface area contributed by atoms with E-state index in [4.69, 9.17) is 28.3 Å². The minimum atomic E-state index is -0.860. The van der Waals surface area contributed by atoms with E-state index in [9.17, 15) is 4.79 Å². The maximum Gasteiger partial charge on any atom is 0.307 e. The van der Waals surface area contributed by atoms with E-state index in [0.29, 0.717) is 10.0 Å². The van der Waals surface area contributed by atoms with Crippen molar-refractivity contribution in [1.82, 2.24) is 0 Å². The average molecular weight is 231 g/mol. The van der Waals surface area contributed by atoms with Gasteiger partial charge in [-0.05, 0) is 17.7 Å².